The van der Waals surface area contributed by atoms with Gasteiger partial charge in [-0.1, -0.05) is 18.2 Å². The minimum Gasteiger partial charge on any atom is -1.00 e. The van der Waals surface area contributed by atoms with Crippen LogP contribution in [0.2, 0.25) is 0 Å². The lowest BCUT2D eigenvalue weighted by Crippen LogP contribution is -3.00. The zero-order chi connectivity index (χ0) is 19.1. The first-order valence-electron chi connectivity index (χ1n) is 8.43. The van der Waals surface area contributed by atoms with Crippen molar-refractivity contribution in [1.82, 2.24) is 0 Å². The maximum absolute atomic E-state index is 12.4. The molecule has 0 atom stereocenters. The summed E-state index contributed by atoms with van der Waals surface area (Å²) in [4.78, 5) is 24.6. The van der Waals surface area contributed by atoms with Crippen molar-refractivity contribution < 1.29 is 31.3 Å². The van der Waals surface area contributed by atoms with Gasteiger partial charge in [0, 0.05) is 17.4 Å². The first kappa shape index (κ1) is 20.9. The van der Waals surface area contributed by atoms with Gasteiger partial charge in [0.05, 0.1) is 7.11 Å². The zero-order valence-electron chi connectivity index (χ0n) is 15.3. The molecule has 2 amide bonds. The van der Waals surface area contributed by atoms with Crippen LogP contribution in [0.1, 0.15) is 10.4 Å². The Morgan fingerprint density at radius 1 is 0.893 bits per heavy atom. The highest BCUT2D eigenvalue weighted by atomic mass is 35.5. The fourth-order valence-electron chi connectivity index (χ4n) is 2.52. The Morgan fingerprint density at radius 3 is 2.25 bits per heavy atom. The molecule has 2 N–H and O–H groups in total. The van der Waals surface area contributed by atoms with Gasteiger partial charge in [-0.2, -0.15) is 4.57 Å². The fourth-order valence-corrected chi connectivity index (χ4v) is 2.52. The molecule has 0 saturated carbocycles. The van der Waals surface area contributed by atoms with E-state index in [1.165, 1.54) is 0 Å². The minimum atomic E-state index is -0.230. The van der Waals surface area contributed by atoms with Gasteiger partial charge in [0.1, 0.15) is 11.3 Å². The van der Waals surface area contributed by atoms with Crippen LogP contribution in [0, 0.1) is 0 Å². The number of aromatic nitrogens is 1. The van der Waals surface area contributed by atoms with Gasteiger partial charge in [0.25, 0.3) is 11.8 Å². The predicted molar refractivity (Wildman–Crippen MR) is 103 cm³/mol. The summed E-state index contributed by atoms with van der Waals surface area (Å²) in [7, 11) is 1.59. The second-order valence-corrected chi connectivity index (χ2v) is 5.86. The zero-order valence-corrected chi connectivity index (χ0v) is 16.0. The summed E-state index contributed by atoms with van der Waals surface area (Å²) in [6, 6.07) is 19.7. The van der Waals surface area contributed by atoms with E-state index in [0.29, 0.717) is 11.3 Å². The van der Waals surface area contributed by atoms with E-state index < -0.39 is 0 Å². The molecule has 0 aliphatic rings. The number of nitrogens with zero attached hydrogens (tertiary/aromatic N) is 1. The molecular formula is C21H20ClN3O3. The van der Waals surface area contributed by atoms with Crippen LogP contribution in [0.5, 0.6) is 5.75 Å². The molecule has 7 heteroatoms. The van der Waals surface area contributed by atoms with Gasteiger partial charge >= 0.3 is 0 Å². The number of carbonyl (C=O) groups excluding carboxylic acids is 2. The van der Waals surface area contributed by atoms with Gasteiger partial charge in [-0.05, 0) is 42.5 Å². The van der Waals surface area contributed by atoms with Crippen LogP contribution in [-0.2, 0) is 11.3 Å². The molecular weight excluding hydrogens is 378 g/mol. The van der Waals surface area contributed by atoms with Gasteiger partial charge in [-0.15, -0.1) is 0 Å². The number of para-hydroxylation sites is 1. The molecule has 0 spiro atoms. The van der Waals surface area contributed by atoms with Crippen molar-refractivity contribution in [3.05, 3.63) is 84.7 Å². The maximum atomic E-state index is 12.4. The average Bonchev–Trinajstić information content (AvgIpc) is 2.69. The van der Waals surface area contributed by atoms with Crippen molar-refractivity contribution in [2.45, 2.75) is 6.54 Å². The third-order valence-electron chi connectivity index (χ3n) is 3.85. The van der Waals surface area contributed by atoms with E-state index in [2.05, 4.69) is 10.6 Å². The van der Waals surface area contributed by atoms with E-state index in [-0.39, 0.29) is 30.8 Å². The number of carbonyl (C=O) groups is 2. The lowest BCUT2D eigenvalue weighted by Gasteiger charge is -2.06. The second kappa shape index (κ2) is 10.1. The van der Waals surface area contributed by atoms with Gasteiger partial charge in [-0.25, -0.2) is 0 Å². The Kier molecular flexibility index (Phi) is 7.54. The van der Waals surface area contributed by atoms with Crippen LogP contribution in [0.4, 0.5) is 11.4 Å². The summed E-state index contributed by atoms with van der Waals surface area (Å²) in [6.45, 7) is 0.0957. The molecule has 28 heavy (non-hydrogen) atoms. The topological polar surface area (TPSA) is 71.3 Å². The van der Waals surface area contributed by atoms with E-state index in [1.54, 1.807) is 60.5 Å². The Morgan fingerprint density at radius 2 is 1.57 bits per heavy atom. The monoisotopic (exact) mass is 397 g/mol. The molecule has 6 nitrogen and oxygen atoms in total. The third-order valence-corrected chi connectivity index (χ3v) is 3.85. The average molecular weight is 398 g/mol. The van der Waals surface area contributed by atoms with Crippen molar-refractivity contribution in [3.63, 3.8) is 0 Å². The first-order valence-corrected chi connectivity index (χ1v) is 8.43. The van der Waals surface area contributed by atoms with Gasteiger partial charge < -0.3 is 27.8 Å². The fraction of sp³-hybridized carbons (Fsp3) is 0.0952. The molecule has 3 aromatic rings. The largest absolute Gasteiger partial charge is 1.00 e. The van der Waals surface area contributed by atoms with E-state index in [4.69, 9.17) is 4.74 Å². The van der Waals surface area contributed by atoms with Crippen molar-refractivity contribution in [3.8, 4) is 5.75 Å². The van der Waals surface area contributed by atoms with Crippen LogP contribution >= 0.6 is 0 Å². The highest BCUT2D eigenvalue weighted by molar-refractivity contribution is 6.03. The van der Waals surface area contributed by atoms with Crippen molar-refractivity contribution in [2.75, 3.05) is 17.7 Å². The van der Waals surface area contributed by atoms with Crippen LogP contribution in [-0.4, -0.2) is 18.9 Å². The first-order chi connectivity index (χ1) is 13.1. The Balaban J connectivity index is 0.00000280. The molecule has 0 bridgehead atoms. The normalized spacial score (nSPS) is 9.75. The Labute approximate surface area is 169 Å². The second-order valence-electron chi connectivity index (χ2n) is 5.86. The number of anilines is 2. The number of methoxy groups -OCH3 is 1. The number of halogens is 1. The molecule has 0 unspecified atom stereocenters. The summed E-state index contributed by atoms with van der Waals surface area (Å²) >= 11 is 0. The SMILES string of the molecule is COc1ccc(NC(=O)C[n+]2cccc(C(=O)Nc3ccccc3)c2)cc1.[Cl-]. The standard InChI is InChI=1S/C21H19N3O3.ClH/c1-27-19-11-9-18(10-12-19)22-20(25)15-24-13-5-6-16(14-24)21(26)23-17-7-3-2-4-8-17;/h2-14H,15H2,1H3,(H-,22,23,25,26);1H. The van der Waals surface area contributed by atoms with E-state index >= 15 is 0 Å². The van der Waals surface area contributed by atoms with Crippen molar-refractivity contribution >= 4 is 23.2 Å². The molecule has 0 fully saturated rings. The molecule has 0 aliphatic heterocycles. The van der Waals surface area contributed by atoms with Crippen LogP contribution in [0.3, 0.4) is 0 Å². The van der Waals surface area contributed by atoms with E-state index in [1.807, 2.05) is 30.3 Å². The quantitative estimate of drug-likeness (QED) is 0.570. The number of hydrogen-bond donors (Lipinski definition) is 2. The number of amides is 2. The minimum absolute atomic E-state index is 0. The number of nitrogens with one attached hydrogen (secondary N) is 2. The number of benzene rings is 2. The summed E-state index contributed by atoms with van der Waals surface area (Å²) in [5, 5.41) is 5.64. The van der Waals surface area contributed by atoms with E-state index in [0.717, 1.165) is 11.4 Å². The summed E-state index contributed by atoms with van der Waals surface area (Å²) in [5.74, 6) is 0.302. The molecule has 2 aromatic carbocycles. The number of pyridine rings is 1. The number of hydrogen-bond acceptors (Lipinski definition) is 3. The van der Waals surface area contributed by atoms with E-state index in [9.17, 15) is 9.59 Å². The molecule has 144 valence electrons. The van der Waals surface area contributed by atoms with Gasteiger partial charge in [0.2, 0.25) is 6.54 Å². The molecule has 0 saturated heterocycles. The Hall–Kier alpha value is -3.38. The maximum Gasteiger partial charge on any atom is 0.290 e. The smallest absolute Gasteiger partial charge is 0.290 e. The summed E-state index contributed by atoms with van der Waals surface area (Å²) in [5.41, 5.74) is 1.87. The molecule has 0 radical (unpaired) electrons. The summed E-state index contributed by atoms with van der Waals surface area (Å²) < 4.78 is 6.76. The third kappa shape index (κ3) is 5.82. The Bertz CT molecular complexity index is 931. The lowest BCUT2D eigenvalue weighted by molar-refractivity contribution is -0.684. The van der Waals surface area contributed by atoms with Crippen LogP contribution < -0.4 is 32.3 Å². The molecule has 1 heterocycles. The number of ether oxygens (including phenoxy) is 1. The van der Waals surface area contributed by atoms with Gasteiger partial charge in [0.15, 0.2) is 12.4 Å². The molecule has 3 rings (SSSR count). The molecule has 1 aromatic heterocycles. The van der Waals surface area contributed by atoms with Crippen LogP contribution in [0.15, 0.2) is 79.1 Å². The summed E-state index contributed by atoms with van der Waals surface area (Å²) in [6.07, 6.45) is 3.39. The highest BCUT2D eigenvalue weighted by Gasteiger charge is 2.14. The molecule has 0 aliphatic carbocycles. The lowest BCUT2D eigenvalue weighted by atomic mass is 10.2. The predicted octanol–water partition coefficient (Wildman–Crippen LogP) is -0.122. The highest BCUT2D eigenvalue weighted by Crippen LogP contribution is 2.14. The number of rotatable bonds is 6. The van der Waals surface area contributed by atoms with Crippen molar-refractivity contribution in [2.24, 2.45) is 0 Å². The van der Waals surface area contributed by atoms with Gasteiger partial charge in [-0.3, -0.25) is 9.59 Å². The van der Waals surface area contributed by atoms with Crippen molar-refractivity contribution in [1.29, 1.82) is 0 Å². The van der Waals surface area contributed by atoms with Crippen LogP contribution in [0.25, 0.3) is 0 Å².